The molecule has 0 spiro atoms. The van der Waals surface area contributed by atoms with E-state index in [1.54, 1.807) is 22.7 Å². The lowest BCUT2D eigenvalue weighted by Gasteiger charge is -2.20. The number of carbonyl (C=O) groups excluding carboxylic acids is 2. The number of rotatable bonds is 7. The number of aromatic nitrogens is 3. The molecule has 0 aromatic carbocycles. The van der Waals surface area contributed by atoms with Crippen molar-refractivity contribution in [1.29, 1.82) is 0 Å². The molecule has 0 fully saturated rings. The van der Waals surface area contributed by atoms with Gasteiger partial charge in [-0.25, -0.2) is 9.78 Å². The Kier molecular flexibility index (Phi) is 6.12. The second-order valence-corrected chi connectivity index (χ2v) is 7.83. The van der Waals surface area contributed by atoms with Crippen molar-refractivity contribution < 1.29 is 14.3 Å². The number of likely N-dealkylation sites (N-methyl/N-ethyl adjacent to an activating group) is 1. The standard InChI is InChI=1S/C21H24N4O3S/c1-6-25(11-13(2)3)18(26)12-28-21(27)15-10-16(17-8-7-9-29-17)22-20-19(15)14(4)23-24(20)5/h7-10H,2,6,11-12H2,1,3-5H3. The number of hydrogen-bond acceptors (Lipinski definition) is 6. The van der Waals surface area contributed by atoms with E-state index in [4.69, 9.17) is 4.74 Å². The summed E-state index contributed by atoms with van der Waals surface area (Å²) in [4.78, 5) is 32.5. The molecule has 0 saturated carbocycles. The van der Waals surface area contributed by atoms with Crippen LogP contribution in [-0.2, 0) is 16.6 Å². The molecule has 0 N–H and O–H groups in total. The molecule has 3 heterocycles. The Morgan fingerprint density at radius 1 is 1.38 bits per heavy atom. The maximum absolute atomic E-state index is 12.9. The molecule has 0 bridgehead atoms. The highest BCUT2D eigenvalue weighted by atomic mass is 32.1. The van der Waals surface area contributed by atoms with Gasteiger partial charge < -0.3 is 9.64 Å². The number of pyridine rings is 1. The Labute approximate surface area is 173 Å². The van der Waals surface area contributed by atoms with E-state index >= 15 is 0 Å². The fourth-order valence-corrected chi connectivity index (χ4v) is 3.84. The Morgan fingerprint density at radius 2 is 2.14 bits per heavy atom. The lowest BCUT2D eigenvalue weighted by atomic mass is 10.1. The molecular weight excluding hydrogens is 388 g/mol. The second kappa shape index (κ2) is 8.57. The van der Waals surface area contributed by atoms with Crippen LogP contribution in [0.4, 0.5) is 0 Å². The van der Waals surface area contributed by atoms with Crippen molar-refractivity contribution >= 4 is 34.2 Å². The second-order valence-electron chi connectivity index (χ2n) is 6.88. The third-order valence-electron chi connectivity index (χ3n) is 4.48. The molecule has 0 atom stereocenters. The van der Waals surface area contributed by atoms with Crippen molar-refractivity contribution in [3.8, 4) is 10.6 Å². The molecule has 152 valence electrons. The van der Waals surface area contributed by atoms with Crippen LogP contribution < -0.4 is 0 Å². The normalized spacial score (nSPS) is 10.9. The average molecular weight is 413 g/mol. The van der Waals surface area contributed by atoms with E-state index in [1.165, 1.54) is 11.3 Å². The summed E-state index contributed by atoms with van der Waals surface area (Å²) in [5.41, 5.74) is 3.19. The SMILES string of the molecule is C=C(C)CN(CC)C(=O)COC(=O)c1cc(-c2cccs2)nc2c1c(C)nn2C. The van der Waals surface area contributed by atoms with Gasteiger partial charge in [-0.15, -0.1) is 11.3 Å². The number of fused-ring (bicyclic) bond motifs is 1. The Morgan fingerprint density at radius 3 is 2.76 bits per heavy atom. The smallest absolute Gasteiger partial charge is 0.339 e. The maximum atomic E-state index is 12.9. The first-order chi connectivity index (χ1) is 13.8. The van der Waals surface area contributed by atoms with Crippen LogP contribution in [0.3, 0.4) is 0 Å². The molecule has 0 unspecified atom stereocenters. The summed E-state index contributed by atoms with van der Waals surface area (Å²) in [7, 11) is 1.79. The largest absolute Gasteiger partial charge is 0.452 e. The summed E-state index contributed by atoms with van der Waals surface area (Å²) in [6.45, 7) is 10.0. The molecule has 3 rings (SSSR count). The van der Waals surface area contributed by atoms with Crippen molar-refractivity contribution in [2.45, 2.75) is 20.8 Å². The van der Waals surface area contributed by atoms with Crippen molar-refractivity contribution in [1.82, 2.24) is 19.7 Å². The van der Waals surface area contributed by atoms with E-state index in [1.807, 2.05) is 38.3 Å². The molecule has 0 radical (unpaired) electrons. The fraction of sp³-hybridized carbons (Fsp3) is 0.333. The molecule has 29 heavy (non-hydrogen) atoms. The van der Waals surface area contributed by atoms with Gasteiger partial charge in [-0.1, -0.05) is 18.2 Å². The minimum Gasteiger partial charge on any atom is -0.452 e. The number of nitrogens with zero attached hydrogens (tertiary/aromatic N) is 4. The highest BCUT2D eigenvalue weighted by Gasteiger charge is 2.22. The first-order valence-electron chi connectivity index (χ1n) is 9.29. The molecule has 0 aliphatic carbocycles. The van der Waals surface area contributed by atoms with E-state index in [-0.39, 0.29) is 12.5 Å². The zero-order chi connectivity index (χ0) is 21.1. The number of amides is 1. The third kappa shape index (κ3) is 4.37. The molecule has 7 nitrogen and oxygen atoms in total. The minimum atomic E-state index is -0.564. The number of thiophene rings is 1. The van der Waals surface area contributed by atoms with Gasteiger partial charge in [-0.2, -0.15) is 5.10 Å². The summed E-state index contributed by atoms with van der Waals surface area (Å²) >= 11 is 1.54. The van der Waals surface area contributed by atoms with Crippen LogP contribution in [0, 0.1) is 6.92 Å². The highest BCUT2D eigenvalue weighted by molar-refractivity contribution is 7.13. The molecular formula is C21H24N4O3S. The lowest BCUT2D eigenvalue weighted by molar-refractivity contribution is -0.133. The van der Waals surface area contributed by atoms with Gasteiger partial charge in [0.15, 0.2) is 12.3 Å². The van der Waals surface area contributed by atoms with Gasteiger partial charge in [0, 0.05) is 20.1 Å². The number of esters is 1. The summed E-state index contributed by atoms with van der Waals surface area (Å²) in [5, 5.41) is 6.98. The van der Waals surface area contributed by atoms with Crippen LogP contribution in [0.15, 0.2) is 35.7 Å². The molecule has 1 amide bonds. The number of ether oxygens (including phenoxy) is 1. The third-order valence-corrected chi connectivity index (χ3v) is 5.38. The van der Waals surface area contributed by atoms with Crippen molar-refractivity contribution in [2.24, 2.45) is 7.05 Å². The molecule has 0 saturated heterocycles. The number of aryl methyl sites for hydroxylation is 2. The first-order valence-corrected chi connectivity index (χ1v) is 10.2. The van der Waals surface area contributed by atoms with E-state index in [9.17, 15) is 9.59 Å². The van der Waals surface area contributed by atoms with Crippen LogP contribution in [-0.4, -0.2) is 51.2 Å². The van der Waals surface area contributed by atoms with E-state index in [2.05, 4.69) is 16.7 Å². The number of hydrogen-bond donors (Lipinski definition) is 0. The zero-order valence-electron chi connectivity index (χ0n) is 17.1. The van der Waals surface area contributed by atoms with Gasteiger partial charge in [-0.05, 0) is 38.3 Å². The van der Waals surface area contributed by atoms with Crippen molar-refractivity contribution in [3.63, 3.8) is 0 Å². The van der Waals surface area contributed by atoms with Gasteiger partial charge in [0.25, 0.3) is 5.91 Å². The van der Waals surface area contributed by atoms with Gasteiger partial charge in [0.05, 0.1) is 27.2 Å². The van der Waals surface area contributed by atoms with E-state index in [0.29, 0.717) is 41.1 Å². The summed E-state index contributed by atoms with van der Waals surface area (Å²) in [6, 6.07) is 5.58. The van der Waals surface area contributed by atoms with Crippen LogP contribution in [0.25, 0.3) is 21.6 Å². The number of carbonyl (C=O) groups is 2. The monoisotopic (exact) mass is 412 g/mol. The molecule has 8 heteroatoms. The Bertz CT molecular complexity index is 1070. The van der Waals surface area contributed by atoms with Gasteiger partial charge >= 0.3 is 5.97 Å². The molecule has 3 aromatic heterocycles. The maximum Gasteiger partial charge on any atom is 0.339 e. The van der Waals surface area contributed by atoms with Crippen LogP contribution in [0.1, 0.15) is 29.9 Å². The van der Waals surface area contributed by atoms with E-state index in [0.717, 1.165) is 10.5 Å². The van der Waals surface area contributed by atoms with Crippen molar-refractivity contribution in [3.05, 3.63) is 47.0 Å². The predicted octanol–water partition coefficient (Wildman–Crippen LogP) is 3.59. The highest BCUT2D eigenvalue weighted by Crippen LogP contribution is 2.29. The predicted molar refractivity (Wildman–Crippen MR) is 114 cm³/mol. The first kappa shape index (κ1) is 20.7. The zero-order valence-corrected chi connectivity index (χ0v) is 17.9. The fourth-order valence-electron chi connectivity index (χ4n) is 3.15. The van der Waals surface area contributed by atoms with Crippen LogP contribution >= 0.6 is 11.3 Å². The van der Waals surface area contributed by atoms with E-state index < -0.39 is 5.97 Å². The Hall–Kier alpha value is -3.00. The van der Waals surface area contributed by atoms with Gasteiger partial charge in [0.1, 0.15) is 0 Å². The van der Waals surface area contributed by atoms with Crippen LogP contribution in [0.5, 0.6) is 0 Å². The topological polar surface area (TPSA) is 77.3 Å². The summed E-state index contributed by atoms with van der Waals surface area (Å²) in [5.74, 6) is -0.818. The lowest BCUT2D eigenvalue weighted by Crippen LogP contribution is -2.35. The Balaban J connectivity index is 1.91. The average Bonchev–Trinajstić information content (AvgIpc) is 3.32. The molecule has 0 aliphatic rings. The van der Waals surface area contributed by atoms with Gasteiger partial charge in [0.2, 0.25) is 0 Å². The quantitative estimate of drug-likeness (QED) is 0.438. The molecule has 3 aromatic rings. The van der Waals surface area contributed by atoms with Crippen LogP contribution in [0.2, 0.25) is 0 Å². The van der Waals surface area contributed by atoms with Crippen molar-refractivity contribution in [2.75, 3.05) is 19.7 Å². The molecule has 0 aliphatic heterocycles. The summed E-state index contributed by atoms with van der Waals surface area (Å²) < 4.78 is 7.03. The summed E-state index contributed by atoms with van der Waals surface area (Å²) in [6.07, 6.45) is 0. The minimum absolute atomic E-state index is 0.254. The van der Waals surface area contributed by atoms with Gasteiger partial charge in [-0.3, -0.25) is 9.48 Å².